The van der Waals surface area contributed by atoms with E-state index < -0.39 is 0 Å². The second-order valence-corrected chi connectivity index (χ2v) is 6.29. The van der Waals surface area contributed by atoms with Crippen molar-refractivity contribution in [2.45, 2.75) is 38.6 Å². The molecule has 1 atom stereocenters. The predicted molar refractivity (Wildman–Crippen MR) is 86.0 cm³/mol. The molecule has 0 bridgehead atoms. The van der Waals surface area contributed by atoms with Gasteiger partial charge in [0.15, 0.2) is 0 Å². The maximum absolute atomic E-state index is 13.1. The number of anilines is 1. The SMILES string of the molecule is CC(C)c1ccc(NC(c2ccc(F)cc2)C2CC2)cc1. The minimum absolute atomic E-state index is 0.172. The molecule has 0 aliphatic heterocycles. The molecule has 0 radical (unpaired) electrons. The van der Waals surface area contributed by atoms with Crippen LogP contribution in [0.2, 0.25) is 0 Å². The Morgan fingerprint density at radius 3 is 2.00 bits per heavy atom. The third kappa shape index (κ3) is 3.44. The summed E-state index contributed by atoms with van der Waals surface area (Å²) in [6.45, 7) is 4.40. The van der Waals surface area contributed by atoms with E-state index in [0.717, 1.165) is 5.69 Å². The number of rotatable bonds is 5. The molecule has 1 N–H and O–H groups in total. The van der Waals surface area contributed by atoms with Gasteiger partial charge in [-0.15, -0.1) is 0 Å². The zero-order valence-electron chi connectivity index (χ0n) is 12.6. The Labute approximate surface area is 126 Å². The van der Waals surface area contributed by atoms with Crippen LogP contribution in [0.3, 0.4) is 0 Å². The highest BCUT2D eigenvalue weighted by Crippen LogP contribution is 2.42. The Morgan fingerprint density at radius 1 is 0.905 bits per heavy atom. The number of halogens is 1. The van der Waals surface area contributed by atoms with E-state index in [0.29, 0.717) is 11.8 Å². The monoisotopic (exact) mass is 283 g/mol. The highest BCUT2D eigenvalue weighted by molar-refractivity contribution is 5.48. The fourth-order valence-corrected chi connectivity index (χ4v) is 2.72. The van der Waals surface area contributed by atoms with Gasteiger partial charge in [0.05, 0.1) is 6.04 Å². The van der Waals surface area contributed by atoms with Crippen LogP contribution in [-0.4, -0.2) is 0 Å². The van der Waals surface area contributed by atoms with Gasteiger partial charge in [-0.1, -0.05) is 38.1 Å². The van der Waals surface area contributed by atoms with Crippen molar-refractivity contribution in [1.29, 1.82) is 0 Å². The molecule has 1 fully saturated rings. The number of hydrogen-bond donors (Lipinski definition) is 1. The second kappa shape index (κ2) is 5.88. The van der Waals surface area contributed by atoms with Gasteiger partial charge < -0.3 is 5.32 Å². The number of nitrogens with one attached hydrogen (secondary N) is 1. The van der Waals surface area contributed by atoms with Gasteiger partial charge in [0.25, 0.3) is 0 Å². The summed E-state index contributed by atoms with van der Waals surface area (Å²) in [7, 11) is 0. The van der Waals surface area contributed by atoms with Crippen molar-refractivity contribution in [3.8, 4) is 0 Å². The van der Waals surface area contributed by atoms with Crippen molar-refractivity contribution in [1.82, 2.24) is 0 Å². The summed E-state index contributed by atoms with van der Waals surface area (Å²) in [6, 6.07) is 15.8. The van der Waals surface area contributed by atoms with Crippen molar-refractivity contribution >= 4 is 5.69 Å². The minimum Gasteiger partial charge on any atom is -0.378 e. The Hall–Kier alpha value is -1.83. The molecule has 2 heteroatoms. The lowest BCUT2D eigenvalue weighted by atomic mass is 10.0. The quantitative estimate of drug-likeness (QED) is 0.762. The first-order valence-corrected chi connectivity index (χ1v) is 7.75. The molecule has 0 heterocycles. The van der Waals surface area contributed by atoms with E-state index in [1.54, 1.807) is 12.1 Å². The molecule has 1 aliphatic carbocycles. The zero-order chi connectivity index (χ0) is 14.8. The average molecular weight is 283 g/mol. The summed E-state index contributed by atoms with van der Waals surface area (Å²) < 4.78 is 13.1. The maximum Gasteiger partial charge on any atom is 0.123 e. The number of hydrogen-bond acceptors (Lipinski definition) is 1. The molecule has 1 unspecified atom stereocenters. The van der Waals surface area contributed by atoms with Crippen LogP contribution in [0.4, 0.5) is 10.1 Å². The van der Waals surface area contributed by atoms with Crippen LogP contribution < -0.4 is 5.32 Å². The lowest BCUT2D eigenvalue weighted by Gasteiger charge is -2.20. The van der Waals surface area contributed by atoms with Crippen LogP contribution in [0.1, 0.15) is 49.8 Å². The van der Waals surface area contributed by atoms with Crippen LogP contribution in [0, 0.1) is 11.7 Å². The van der Waals surface area contributed by atoms with Crippen molar-refractivity contribution in [3.63, 3.8) is 0 Å². The molecule has 0 saturated heterocycles. The molecule has 0 amide bonds. The summed E-state index contributed by atoms with van der Waals surface area (Å²) in [4.78, 5) is 0. The Kier molecular flexibility index (Phi) is 3.96. The van der Waals surface area contributed by atoms with Crippen molar-refractivity contribution in [2.24, 2.45) is 5.92 Å². The Balaban J connectivity index is 1.77. The van der Waals surface area contributed by atoms with Gasteiger partial charge in [0, 0.05) is 5.69 Å². The molecule has 1 nitrogen and oxygen atoms in total. The molecule has 21 heavy (non-hydrogen) atoms. The molecular weight excluding hydrogens is 261 g/mol. The van der Waals surface area contributed by atoms with Crippen molar-refractivity contribution < 1.29 is 4.39 Å². The normalized spacial score (nSPS) is 16.0. The first-order valence-electron chi connectivity index (χ1n) is 7.75. The van der Waals surface area contributed by atoms with Crippen LogP contribution in [-0.2, 0) is 0 Å². The van der Waals surface area contributed by atoms with Gasteiger partial charge in [-0.05, 0) is 60.1 Å². The van der Waals surface area contributed by atoms with Gasteiger partial charge >= 0.3 is 0 Å². The largest absolute Gasteiger partial charge is 0.378 e. The summed E-state index contributed by atoms with van der Waals surface area (Å²) in [5, 5.41) is 3.62. The lowest BCUT2D eigenvalue weighted by Crippen LogP contribution is -2.13. The standard InChI is InChI=1S/C19H22FN/c1-13(2)14-7-11-18(12-8-14)21-19(15-3-4-15)16-5-9-17(20)10-6-16/h5-13,15,19,21H,3-4H2,1-2H3. The molecule has 110 valence electrons. The van der Waals surface area contributed by atoms with Gasteiger partial charge in [-0.2, -0.15) is 0 Å². The third-order valence-corrected chi connectivity index (χ3v) is 4.22. The number of benzene rings is 2. The summed E-state index contributed by atoms with van der Waals surface area (Å²) >= 11 is 0. The van der Waals surface area contributed by atoms with Crippen LogP contribution in [0.15, 0.2) is 48.5 Å². The van der Waals surface area contributed by atoms with E-state index in [9.17, 15) is 4.39 Å². The smallest absolute Gasteiger partial charge is 0.123 e. The predicted octanol–water partition coefficient (Wildman–Crippen LogP) is 5.51. The fraction of sp³-hybridized carbons (Fsp3) is 0.368. The van der Waals surface area contributed by atoms with Crippen molar-refractivity contribution in [3.05, 3.63) is 65.5 Å². The van der Waals surface area contributed by atoms with E-state index in [1.165, 1.54) is 24.0 Å². The molecule has 2 aromatic rings. The van der Waals surface area contributed by atoms with Gasteiger partial charge in [0.1, 0.15) is 5.82 Å². The van der Waals surface area contributed by atoms with Crippen LogP contribution in [0.25, 0.3) is 0 Å². The third-order valence-electron chi connectivity index (χ3n) is 4.22. The zero-order valence-corrected chi connectivity index (χ0v) is 12.6. The van der Waals surface area contributed by atoms with E-state index in [2.05, 4.69) is 43.4 Å². The second-order valence-electron chi connectivity index (χ2n) is 6.29. The van der Waals surface area contributed by atoms with E-state index >= 15 is 0 Å². The summed E-state index contributed by atoms with van der Waals surface area (Å²) in [6.07, 6.45) is 2.50. The van der Waals surface area contributed by atoms with Gasteiger partial charge in [0.2, 0.25) is 0 Å². The molecule has 3 rings (SSSR count). The highest BCUT2D eigenvalue weighted by Gasteiger charge is 2.32. The Bertz CT molecular complexity index is 582. The summed E-state index contributed by atoms with van der Waals surface area (Å²) in [5.74, 6) is 1.05. The van der Waals surface area contributed by atoms with Gasteiger partial charge in [-0.3, -0.25) is 0 Å². The van der Waals surface area contributed by atoms with E-state index in [1.807, 2.05) is 12.1 Å². The maximum atomic E-state index is 13.1. The molecule has 0 aromatic heterocycles. The first kappa shape index (κ1) is 14.1. The van der Waals surface area contributed by atoms with Gasteiger partial charge in [-0.25, -0.2) is 4.39 Å². The highest BCUT2D eigenvalue weighted by atomic mass is 19.1. The minimum atomic E-state index is -0.172. The molecular formula is C19H22FN. The van der Waals surface area contributed by atoms with Crippen molar-refractivity contribution in [2.75, 3.05) is 5.32 Å². The Morgan fingerprint density at radius 2 is 1.48 bits per heavy atom. The van der Waals surface area contributed by atoms with Crippen LogP contribution >= 0.6 is 0 Å². The lowest BCUT2D eigenvalue weighted by molar-refractivity contribution is 0.622. The topological polar surface area (TPSA) is 12.0 Å². The average Bonchev–Trinajstić information content (AvgIpc) is 3.31. The van der Waals surface area contributed by atoms with Crippen LogP contribution in [0.5, 0.6) is 0 Å². The first-order chi connectivity index (χ1) is 10.1. The van der Waals surface area contributed by atoms with E-state index in [-0.39, 0.29) is 11.9 Å². The fourth-order valence-electron chi connectivity index (χ4n) is 2.72. The molecule has 2 aromatic carbocycles. The summed E-state index contributed by atoms with van der Waals surface area (Å²) in [5.41, 5.74) is 3.66. The molecule has 0 spiro atoms. The molecule has 1 saturated carbocycles. The molecule has 1 aliphatic rings. The van der Waals surface area contributed by atoms with E-state index in [4.69, 9.17) is 0 Å².